The first-order valence-corrected chi connectivity index (χ1v) is 16.0. The Bertz CT molecular complexity index is 2280. The molecule has 6 heterocycles. The van der Waals surface area contributed by atoms with E-state index < -0.39 is 5.41 Å². The SMILES string of the molecule is COc1cc(-c2[c-]n(-c3ccccc3)c3ncccc23)nc(C(C)(C)c2cc(OC)cc(-c3[c-]n(-c4ccccc4)c4ncccc34)n2)c1.[Pt+2]. The van der Waals surface area contributed by atoms with Crippen molar-refractivity contribution in [2.24, 2.45) is 0 Å². The Morgan fingerprint density at radius 1 is 0.560 bits per heavy atom. The molecule has 50 heavy (non-hydrogen) atoms. The van der Waals surface area contributed by atoms with E-state index in [1.807, 2.05) is 118 Å². The Hall–Kier alpha value is -5.59. The van der Waals surface area contributed by atoms with Crippen LogP contribution in [0.25, 0.3) is 56.0 Å². The van der Waals surface area contributed by atoms with Crippen molar-refractivity contribution in [3.63, 3.8) is 0 Å². The fraction of sp³-hybridized carbons (Fsp3) is 0.122. The smallest absolute Gasteiger partial charge is 0.497 e. The number of fused-ring (bicyclic) bond motifs is 2. The maximum Gasteiger partial charge on any atom is 2.00 e. The van der Waals surface area contributed by atoms with E-state index in [1.54, 1.807) is 26.6 Å². The van der Waals surface area contributed by atoms with E-state index in [0.29, 0.717) is 11.5 Å². The minimum atomic E-state index is -0.668. The minimum absolute atomic E-state index is 0. The normalized spacial score (nSPS) is 11.4. The Kier molecular flexibility index (Phi) is 8.81. The van der Waals surface area contributed by atoms with Gasteiger partial charge in [-0.3, -0.25) is 19.9 Å². The van der Waals surface area contributed by atoms with Crippen molar-refractivity contribution in [2.75, 3.05) is 14.2 Å². The number of benzene rings is 2. The minimum Gasteiger partial charge on any atom is -0.497 e. The number of hydrogen-bond acceptors (Lipinski definition) is 6. The van der Waals surface area contributed by atoms with Crippen molar-refractivity contribution < 1.29 is 30.5 Å². The molecule has 8 nitrogen and oxygen atoms in total. The predicted octanol–water partition coefficient (Wildman–Crippen LogP) is 8.43. The summed E-state index contributed by atoms with van der Waals surface area (Å²) < 4.78 is 15.6. The van der Waals surface area contributed by atoms with Gasteiger partial charge in [0, 0.05) is 64.0 Å². The number of para-hydroxylation sites is 2. The summed E-state index contributed by atoms with van der Waals surface area (Å²) in [6, 6.07) is 36.0. The first-order valence-electron chi connectivity index (χ1n) is 16.0. The summed E-state index contributed by atoms with van der Waals surface area (Å²) >= 11 is 0. The van der Waals surface area contributed by atoms with Gasteiger partial charge in [0.25, 0.3) is 0 Å². The molecule has 6 aromatic heterocycles. The fourth-order valence-corrected chi connectivity index (χ4v) is 6.18. The van der Waals surface area contributed by atoms with E-state index in [4.69, 9.17) is 29.4 Å². The third-order valence-corrected chi connectivity index (χ3v) is 8.87. The maximum absolute atomic E-state index is 5.85. The summed E-state index contributed by atoms with van der Waals surface area (Å²) in [4.78, 5) is 19.9. The van der Waals surface area contributed by atoms with Gasteiger partial charge in [-0.05, 0) is 49.7 Å². The van der Waals surface area contributed by atoms with Gasteiger partial charge < -0.3 is 18.6 Å². The van der Waals surface area contributed by atoms with Crippen LogP contribution in [0.15, 0.2) is 122 Å². The molecular weight excluding hydrogens is 804 g/mol. The van der Waals surface area contributed by atoms with Crippen molar-refractivity contribution in [3.05, 3.63) is 145 Å². The summed E-state index contributed by atoms with van der Waals surface area (Å²) in [5.41, 5.74) is 7.54. The van der Waals surface area contributed by atoms with Crippen LogP contribution in [-0.2, 0) is 26.5 Å². The average molecular weight is 836 g/mol. The van der Waals surface area contributed by atoms with Gasteiger partial charge in [-0.25, -0.2) is 0 Å². The second-order valence-corrected chi connectivity index (χ2v) is 12.2. The first kappa shape index (κ1) is 32.9. The Morgan fingerprint density at radius 3 is 1.38 bits per heavy atom. The first-order chi connectivity index (χ1) is 23.9. The van der Waals surface area contributed by atoms with Gasteiger partial charge in [0.05, 0.1) is 14.2 Å². The number of ether oxygens (including phenoxy) is 2. The van der Waals surface area contributed by atoms with Crippen LogP contribution < -0.4 is 9.47 Å². The topological polar surface area (TPSA) is 79.9 Å². The Labute approximate surface area is 304 Å². The van der Waals surface area contributed by atoms with E-state index >= 15 is 0 Å². The molecule has 9 heteroatoms. The number of methoxy groups -OCH3 is 2. The molecule has 0 atom stereocenters. The van der Waals surface area contributed by atoms with Crippen molar-refractivity contribution in [1.29, 1.82) is 0 Å². The number of hydrogen-bond donors (Lipinski definition) is 0. The van der Waals surface area contributed by atoms with Crippen molar-refractivity contribution in [3.8, 4) is 45.4 Å². The number of nitrogens with zero attached hydrogens (tertiary/aromatic N) is 6. The molecule has 0 radical (unpaired) electrons. The van der Waals surface area contributed by atoms with Gasteiger partial charge in [0.2, 0.25) is 0 Å². The van der Waals surface area contributed by atoms with E-state index in [-0.39, 0.29) is 21.1 Å². The van der Waals surface area contributed by atoms with E-state index in [0.717, 1.165) is 67.3 Å². The molecule has 0 unspecified atom stereocenters. The standard InChI is InChI=1S/C41H32N6O2.Pt/c1-41(2,37-23-29(48-3)21-35(44-37)33-25-46(27-13-7-5-8-14-27)39-31(33)17-11-19-42-39)38-24-30(49-4)22-36(45-38)34-26-47(28-15-9-6-10-16-28)40-32(34)18-12-20-43-40;/h5-24H,1-4H3;/q-2;+2. The molecule has 0 aliphatic heterocycles. The molecule has 0 amide bonds. The molecule has 2 aromatic carbocycles. The van der Waals surface area contributed by atoms with Crippen molar-refractivity contribution in [1.82, 2.24) is 29.1 Å². The van der Waals surface area contributed by atoms with Crippen LogP contribution in [0.2, 0.25) is 0 Å². The summed E-state index contributed by atoms with van der Waals surface area (Å²) in [6.07, 6.45) is 10.7. The van der Waals surface area contributed by atoms with Crippen LogP contribution in [0.4, 0.5) is 0 Å². The molecule has 8 rings (SSSR count). The zero-order valence-electron chi connectivity index (χ0n) is 27.9. The summed E-state index contributed by atoms with van der Waals surface area (Å²) in [7, 11) is 3.34. The molecule has 0 N–H and O–H groups in total. The van der Waals surface area contributed by atoms with Gasteiger partial charge in [0.15, 0.2) is 0 Å². The summed E-state index contributed by atoms with van der Waals surface area (Å²) in [6.45, 7) is 4.22. The molecule has 248 valence electrons. The summed E-state index contributed by atoms with van der Waals surface area (Å²) in [5.74, 6) is 1.36. The van der Waals surface area contributed by atoms with Gasteiger partial charge >= 0.3 is 21.1 Å². The van der Waals surface area contributed by atoms with Gasteiger partial charge in [0.1, 0.15) is 11.5 Å². The molecule has 0 aliphatic rings. The van der Waals surface area contributed by atoms with Crippen LogP contribution >= 0.6 is 0 Å². The summed E-state index contributed by atoms with van der Waals surface area (Å²) in [5, 5.41) is 1.88. The second kappa shape index (κ2) is 13.4. The van der Waals surface area contributed by atoms with E-state index in [2.05, 4.69) is 26.2 Å². The molecule has 0 spiro atoms. The fourth-order valence-electron chi connectivity index (χ4n) is 6.18. The number of aromatic nitrogens is 6. The van der Waals surface area contributed by atoms with Gasteiger partial charge in [-0.15, -0.1) is 0 Å². The molecule has 0 saturated carbocycles. The monoisotopic (exact) mass is 835 g/mol. The van der Waals surface area contributed by atoms with Gasteiger partial charge in [-0.1, -0.05) is 107 Å². The number of rotatable bonds is 8. The van der Waals surface area contributed by atoms with Crippen LogP contribution in [0, 0.1) is 12.4 Å². The molecule has 8 aromatic rings. The third-order valence-electron chi connectivity index (χ3n) is 8.87. The van der Waals surface area contributed by atoms with Crippen molar-refractivity contribution in [2.45, 2.75) is 19.3 Å². The molecule has 0 fully saturated rings. The Balaban J connectivity index is 0.00000392. The van der Waals surface area contributed by atoms with Crippen LogP contribution in [0.5, 0.6) is 11.5 Å². The van der Waals surface area contributed by atoms with Crippen LogP contribution in [0.3, 0.4) is 0 Å². The maximum atomic E-state index is 5.85. The predicted molar refractivity (Wildman–Crippen MR) is 192 cm³/mol. The molecule has 0 saturated heterocycles. The molecular formula is C41H32N6O2Pt. The average Bonchev–Trinajstić information content (AvgIpc) is 3.75. The van der Waals surface area contributed by atoms with E-state index in [1.165, 1.54) is 0 Å². The molecule has 0 aliphatic carbocycles. The molecule has 0 bridgehead atoms. The van der Waals surface area contributed by atoms with E-state index in [9.17, 15) is 0 Å². The third kappa shape index (κ3) is 5.75. The number of pyridine rings is 4. The van der Waals surface area contributed by atoms with Crippen LogP contribution in [-0.4, -0.2) is 43.3 Å². The zero-order chi connectivity index (χ0) is 33.5. The van der Waals surface area contributed by atoms with Gasteiger partial charge in [-0.2, -0.15) is 0 Å². The second-order valence-electron chi connectivity index (χ2n) is 12.2. The Morgan fingerprint density at radius 2 is 0.980 bits per heavy atom. The van der Waals surface area contributed by atoms with Crippen molar-refractivity contribution >= 4 is 22.1 Å². The quantitative estimate of drug-likeness (QED) is 0.143. The largest absolute Gasteiger partial charge is 2.00 e. The zero-order valence-corrected chi connectivity index (χ0v) is 30.1. The van der Waals surface area contributed by atoms with Crippen LogP contribution in [0.1, 0.15) is 25.2 Å².